The Bertz CT molecular complexity index is 747. The molecule has 4 nitrogen and oxygen atoms in total. The number of nitrogens with zero attached hydrogens (tertiary/aromatic N) is 2. The van der Waals surface area contributed by atoms with Crippen molar-refractivity contribution in [2.24, 2.45) is 11.0 Å². The average Bonchev–Trinajstić information content (AvgIpc) is 3.08. The number of fused-ring (bicyclic) bond motifs is 3. The van der Waals surface area contributed by atoms with Gasteiger partial charge >= 0.3 is 0 Å². The minimum atomic E-state index is 0.207. The molecule has 4 rings (SSSR count). The Labute approximate surface area is 130 Å². The molecule has 1 aliphatic heterocycles. The molecule has 1 aliphatic carbocycles. The van der Waals surface area contributed by atoms with Gasteiger partial charge in [-0.25, -0.2) is 0 Å². The average molecular weight is 296 g/mol. The van der Waals surface area contributed by atoms with Crippen molar-refractivity contribution >= 4 is 5.71 Å². The van der Waals surface area contributed by atoms with Gasteiger partial charge in [0.2, 0.25) is 0 Å². The highest BCUT2D eigenvalue weighted by Gasteiger charge is 2.41. The van der Waals surface area contributed by atoms with Gasteiger partial charge in [0.05, 0.1) is 12.8 Å². The lowest BCUT2D eigenvalue weighted by molar-refractivity contribution is 0.209. The molecule has 2 atom stereocenters. The van der Waals surface area contributed by atoms with E-state index in [1.807, 2.05) is 26.1 Å². The van der Waals surface area contributed by atoms with Gasteiger partial charge in [0.25, 0.3) is 0 Å². The number of furan rings is 1. The van der Waals surface area contributed by atoms with Crippen LogP contribution in [-0.4, -0.2) is 24.9 Å². The van der Waals surface area contributed by atoms with Gasteiger partial charge in [-0.15, -0.1) is 0 Å². The molecule has 0 bridgehead atoms. The number of rotatable bonds is 2. The van der Waals surface area contributed by atoms with Gasteiger partial charge in [0.15, 0.2) is 0 Å². The van der Waals surface area contributed by atoms with Crippen LogP contribution in [0.1, 0.15) is 35.1 Å². The fraction of sp³-hybridized carbons (Fsp3) is 0.389. The van der Waals surface area contributed by atoms with Crippen LogP contribution in [0.3, 0.4) is 0 Å². The van der Waals surface area contributed by atoms with E-state index in [0.29, 0.717) is 5.92 Å². The summed E-state index contributed by atoms with van der Waals surface area (Å²) in [5, 5.41) is 6.88. The first-order valence-electron chi connectivity index (χ1n) is 7.72. The normalized spacial score (nSPS) is 23.0. The van der Waals surface area contributed by atoms with E-state index >= 15 is 0 Å². The van der Waals surface area contributed by atoms with Crippen LogP contribution < -0.4 is 4.74 Å². The van der Waals surface area contributed by atoms with Gasteiger partial charge < -0.3 is 9.15 Å². The molecule has 0 radical (unpaired) electrons. The molecule has 0 saturated carbocycles. The first-order chi connectivity index (χ1) is 10.7. The standard InChI is InChI=1S/C18H20N2O2/c1-11-4-9-16(22-11)18-15-7-5-12-10-13(21-3)6-8-14(12)17(15)19-20(18)2/h4,6,8-10,15,18H,5,7H2,1-3H3/t15-,18+/m0/s1. The number of aryl methyl sites for hydroxylation is 2. The molecular formula is C18H20N2O2. The zero-order chi connectivity index (χ0) is 15.3. The topological polar surface area (TPSA) is 38.0 Å². The molecule has 114 valence electrons. The molecule has 2 heterocycles. The van der Waals surface area contributed by atoms with Crippen molar-refractivity contribution in [2.45, 2.75) is 25.8 Å². The molecule has 2 aromatic rings. The molecule has 0 saturated heterocycles. The Balaban J connectivity index is 1.73. The third-order valence-electron chi connectivity index (χ3n) is 4.77. The molecule has 1 aromatic heterocycles. The highest BCUT2D eigenvalue weighted by molar-refractivity contribution is 6.05. The van der Waals surface area contributed by atoms with Gasteiger partial charge in [-0.3, -0.25) is 5.01 Å². The zero-order valence-electron chi connectivity index (χ0n) is 13.2. The van der Waals surface area contributed by atoms with Crippen LogP contribution in [0.5, 0.6) is 5.75 Å². The summed E-state index contributed by atoms with van der Waals surface area (Å²) < 4.78 is 11.2. The summed E-state index contributed by atoms with van der Waals surface area (Å²) in [4.78, 5) is 0. The lowest BCUT2D eigenvalue weighted by Gasteiger charge is -2.27. The van der Waals surface area contributed by atoms with Crippen molar-refractivity contribution in [3.8, 4) is 5.75 Å². The summed E-state index contributed by atoms with van der Waals surface area (Å²) >= 11 is 0. The maximum atomic E-state index is 5.88. The van der Waals surface area contributed by atoms with Crippen LogP contribution in [0.25, 0.3) is 0 Å². The van der Waals surface area contributed by atoms with Crippen molar-refractivity contribution in [2.75, 3.05) is 14.2 Å². The predicted octanol–water partition coefficient (Wildman–Crippen LogP) is 3.55. The van der Waals surface area contributed by atoms with Crippen LogP contribution in [-0.2, 0) is 6.42 Å². The van der Waals surface area contributed by atoms with E-state index in [0.717, 1.165) is 30.1 Å². The maximum Gasteiger partial charge on any atom is 0.128 e. The van der Waals surface area contributed by atoms with Gasteiger partial charge in [-0.2, -0.15) is 5.10 Å². The van der Waals surface area contributed by atoms with Crippen LogP contribution >= 0.6 is 0 Å². The fourth-order valence-electron chi connectivity index (χ4n) is 3.72. The number of benzene rings is 1. The lowest BCUT2D eigenvalue weighted by Crippen LogP contribution is -2.27. The van der Waals surface area contributed by atoms with E-state index < -0.39 is 0 Å². The van der Waals surface area contributed by atoms with Crippen LogP contribution in [0.2, 0.25) is 0 Å². The highest BCUT2D eigenvalue weighted by atomic mass is 16.5. The van der Waals surface area contributed by atoms with Crippen molar-refractivity contribution < 1.29 is 9.15 Å². The number of methoxy groups -OCH3 is 1. The highest BCUT2D eigenvalue weighted by Crippen LogP contribution is 2.43. The van der Waals surface area contributed by atoms with Crippen LogP contribution in [0, 0.1) is 12.8 Å². The first-order valence-corrected chi connectivity index (χ1v) is 7.72. The number of hydrogen-bond donors (Lipinski definition) is 0. The summed E-state index contributed by atoms with van der Waals surface area (Å²) in [5.41, 5.74) is 3.78. The summed E-state index contributed by atoms with van der Waals surface area (Å²) in [6, 6.07) is 10.6. The monoisotopic (exact) mass is 296 g/mol. The maximum absolute atomic E-state index is 5.88. The van der Waals surface area contributed by atoms with E-state index in [2.05, 4.69) is 23.2 Å². The second-order valence-corrected chi connectivity index (χ2v) is 6.12. The molecule has 0 spiro atoms. The van der Waals surface area contributed by atoms with Gasteiger partial charge in [-0.1, -0.05) is 0 Å². The second kappa shape index (κ2) is 4.90. The third-order valence-corrected chi connectivity index (χ3v) is 4.77. The largest absolute Gasteiger partial charge is 0.497 e. The summed E-state index contributed by atoms with van der Waals surface area (Å²) in [6.07, 6.45) is 2.15. The molecule has 0 amide bonds. The van der Waals surface area contributed by atoms with Crippen molar-refractivity contribution in [1.29, 1.82) is 0 Å². The Morgan fingerprint density at radius 1 is 1.27 bits per heavy atom. The van der Waals surface area contributed by atoms with Crippen molar-refractivity contribution in [3.63, 3.8) is 0 Å². The third kappa shape index (κ3) is 1.94. The molecular weight excluding hydrogens is 276 g/mol. The number of hydrazone groups is 1. The zero-order valence-corrected chi connectivity index (χ0v) is 13.2. The lowest BCUT2D eigenvalue weighted by atomic mass is 9.78. The van der Waals surface area contributed by atoms with E-state index in [1.54, 1.807) is 7.11 Å². The quantitative estimate of drug-likeness (QED) is 0.850. The fourth-order valence-corrected chi connectivity index (χ4v) is 3.72. The molecule has 4 heteroatoms. The van der Waals surface area contributed by atoms with E-state index in [-0.39, 0.29) is 6.04 Å². The summed E-state index contributed by atoms with van der Waals surface area (Å²) in [6.45, 7) is 1.99. The van der Waals surface area contributed by atoms with Gasteiger partial charge in [-0.05, 0) is 55.7 Å². The smallest absolute Gasteiger partial charge is 0.128 e. The Kier molecular flexibility index (Phi) is 2.99. The predicted molar refractivity (Wildman–Crippen MR) is 85.3 cm³/mol. The molecule has 22 heavy (non-hydrogen) atoms. The van der Waals surface area contributed by atoms with Crippen molar-refractivity contribution in [3.05, 3.63) is 53.0 Å². The number of hydrogen-bond acceptors (Lipinski definition) is 4. The van der Waals surface area contributed by atoms with Crippen LogP contribution in [0.15, 0.2) is 39.9 Å². The summed E-state index contributed by atoms with van der Waals surface area (Å²) in [5.74, 6) is 3.29. The molecule has 1 aromatic carbocycles. The minimum Gasteiger partial charge on any atom is -0.497 e. The minimum absolute atomic E-state index is 0.207. The first kappa shape index (κ1) is 13.4. The van der Waals surface area contributed by atoms with Crippen LogP contribution in [0.4, 0.5) is 0 Å². The molecule has 0 N–H and O–H groups in total. The second-order valence-electron chi connectivity index (χ2n) is 6.12. The van der Waals surface area contributed by atoms with E-state index in [4.69, 9.17) is 14.3 Å². The molecule has 2 aliphatic rings. The Morgan fingerprint density at radius 3 is 2.86 bits per heavy atom. The Hall–Kier alpha value is -2.23. The summed E-state index contributed by atoms with van der Waals surface area (Å²) in [7, 11) is 3.75. The molecule has 0 unspecified atom stereocenters. The SMILES string of the molecule is COc1ccc2c(c1)CC[C@H]1C2=NN(C)[C@H]1c1ccc(C)o1. The van der Waals surface area contributed by atoms with Crippen molar-refractivity contribution in [1.82, 2.24) is 5.01 Å². The van der Waals surface area contributed by atoms with Gasteiger partial charge in [0, 0.05) is 18.5 Å². The van der Waals surface area contributed by atoms with Gasteiger partial charge in [0.1, 0.15) is 23.3 Å². The van der Waals surface area contributed by atoms with E-state index in [1.165, 1.54) is 16.8 Å². The van der Waals surface area contributed by atoms with E-state index in [9.17, 15) is 0 Å². The molecule has 0 fully saturated rings. The number of ether oxygens (including phenoxy) is 1. The Morgan fingerprint density at radius 2 is 2.14 bits per heavy atom.